The summed E-state index contributed by atoms with van der Waals surface area (Å²) in [4.78, 5) is 24.5. The van der Waals surface area contributed by atoms with Crippen LogP contribution >= 0.6 is 15.9 Å². The zero-order valence-electron chi connectivity index (χ0n) is 29.8. The van der Waals surface area contributed by atoms with Crippen LogP contribution in [0.1, 0.15) is 43.9 Å². The van der Waals surface area contributed by atoms with E-state index in [1.165, 1.54) is 19.2 Å². The standard InChI is InChI=1S/C23H22F3N5O4.C14H11BrF2N4O/c1-34-16-7-6-14(24)8-15(16)22(33)29-9-12-2-4-13(5-3-12)19-18(21(28)32)20(27)31(30-19)17-10-35-11-23(17,25)26;15-9-3-1-8(2-4-9)12-10(5-18)13(19)21(20-12)11-6-22-7-14(11,16)17/h2-8,17H,9-11,27H2,1H3,(H2,28,32)(H,29,33);1-4,11H,6-7,19H2. The van der Waals surface area contributed by atoms with Crippen LogP contribution in [-0.4, -0.2) is 76.8 Å². The highest BCUT2D eigenvalue weighted by Crippen LogP contribution is 2.40. The lowest BCUT2D eigenvalue weighted by Gasteiger charge is -2.18. The van der Waals surface area contributed by atoms with Gasteiger partial charge in [0.1, 0.15) is 77.1 Å². The molecule has 20 heteroatoms. The van der Waals surface area contributed by atoms with E-state index in [0.717, 1.165) is 19.9 Å². The smallest absolute Gasteiger partial charge is 0.295 e. The zero-order valence-corrected chi connectivity index (χ0v) is 31.4. The summed E-state index contributed by atoms with van der Waals surface area (Å²) in [7, 11) is 1.37. The summed E-state index contributed by atoms with van der Waals surface area (Å²) in [6.07, 6.45) is 0. The second-order valence-corrected chi connectivity index (χ2v) is 13.8. The van der Waals surface area contributed by atoms with Gasteiger partial charge in [-0.1, -0.05) is 52.3 Å². The van der Waals surface area contributed by atoms with Crippen LogP contribution in [0.25, 0.3) is 22.5 Å². The molecule has 0 spiro atoms. The Morgan fingerprint density at radius 2 is 1.46 bits per heavy atom. The maximum atomic E-state index is 14.2. The van der Waals surface area contributed by atoms with Crippen molar-refractivity contribution in [2.45, 2.75) is 30.5 Å². The molecule has 298 valence electrons. The quantitative estimate of drug-likeness (QED) is 0.137. The van der Waals surface area contributed by atoms with Crippen molar-refractivity contribution in [2.75, 3.05) is 45.0 Å². The van der Waals surface area contributed by atoms with E-state index < -0.39 is 54.8 Å². The van der Waals surface area contributed by atoms with Gasteiger partial charge in [-0.2, -0.15) is 15.5 Å². The van der Waals surface area contributed by atoms with E-state index in [1.807, 2.05) is 6.07 Å². The van der Waals surface area contributed by atoms with Gasteiger partial charge < -0.3 is 36.7 Å². The topological polar surface area (TPSA) is 211 Å². The maximum Gasteiger partial charge on any atom is 0.295 e. The van der Waals surface area contributed by atoms with Crippen LogP contribution in [0.15, 0.2) is 71.2 Å². The molecule has 2 atom stereocenters. The Bertz CT molecular complexity index is 2350. The molecule has 2 saturated heterocycles. The molecule has 2 aromatic heterocycles. The third kappa shape index (κ3) is 8.26. The van der Waals surface area contributed by atoms with Crippen molar-refractivity contribution < 1.29 is 45.8 Å². The van der Waals surface area contributed by atoms with Crippen LogP contribution in [0.2, 0.25) is 0 Å². The Balaban J connectivity index is 0.000000214. The summed E-state index contributed by atoms with van der Waals surface area (Å²) >= 11 is 3.31. The Morgan fingerprint density at radius 1 is 0.912 bits per heavy atom. The van der Waals surface area contributed by atoms with Gasteiger partial charge in [-0.25, -0.2) is 31.3 Å². The number of nitrogens with two attached hydrogens (primary N) is 3. The number of ether oxygens (including phenoxy) is 3. The minimum atomic E-state index is -3.21. The second kappa shape index (κ2) is 16.2. The van der Waals surface area contributed by atoms with Crippen molar-refractivity contribution in [1.82, 2.24) is 24.9 Å². The number of nitrogen functional groups attached to an aromatic ring is 2. The molecule has 4 heterocycles. The van der Waals surface area contributed by atoms with E-state index >= 15 is 0 Å². The van der Waals surface area contributed by atoms with E-state index in [-0.39, 0.29) is 65.2 Å². The van der Waals surface area contributed by atoms with Crippen LogP contribution in [0.4, 0.5) is 33.6 Å². The van der Waals surface area contributed by atoms with Crippen LogP contribution in [0.5, 0.6) is 5.75 Å². The fourth-order valence-corrected chi connectivity index (χ4v) is 6.46. The molecule has 5 aromatic rings. The highest BCUT2D eigenvalue weighted by atomic mass is 79.9. The predicted molar refractivity (Wildman–Crippen MR) is 199 cm³/mol. The van der Waals surface area contributed by atoms with Crippen LogP contribution in [0, 0.1) is 17.1 Å². The average molecular weight is 859 g/mol. The second-order valence-electron chi connectivity index (χ2n) is 12.9. The highest BCUT2D eigenvalue weighted by Gasteiger charge is 2.49. The van der Waals surface area contributed by atoms with Crippen LogP contribution < -0.4 is 27.3 Å². The van der Waals surface area contributed by atoms with E-state index in [1.54, 1.807) is 48.5 Å². The van der Waals surface area contributed by atoms with Crippen molar-refractivity contribution in [2.24, 2.45) is 5.73 Å². The summed E-state index contributed by atoms with van der Waals surface area (Å²) in [5.74, 6) is -8.42. The third-order valence-corrected chi connectivity index (χ3v) is 9.69. The number of rotatable bonds is 9. The van der Waals surface area contributed by atoms with Crippen molar-refractivity contribution in [3.63, 3.8) is 0 Å². The number of nitrogens with one attached hydrogen (secondary N) is 1. The Labute approximate surface area is 329 Å². The number of carbonyl (C=O) groups excluding carboxylic acids is 2. The highest BCUT2D eigenvalue weighted by molar-refractivity contribution is 9.10. The summed E-state index contributed by atoms with van der Waals surface area (Å²) in [5, 5.41) is 20.3. The molecule has 3 aromatic carbocycles. The Morgan fingerprint density at radius 3 is 1.98 bits per heavy atom. The number of primary amides is 1. The summed E-state index contributed by atoms with van der Waals surface area (Å²) in [6, 6.07) is 16.3. The number of methoxy groups -OCH3 is 1. The SMILES string of the molecule is COc1ccc(F)cc1C(=O)NCc1ccc(-c2nn(C3COCC3(F)F)c(N)c2C(N)=O)cc1.N#Cc1c(-c2ccc(Br)cc2)nn(C2COCC2(F)F)c1N. The maximum absolute atomic E-state index is 14.2. The molecule has 2 aliphatic rings. The van der Waals surface area contributed by atoms with Crippen LogP contribution in [0.3, 0.4) is 0 Å². The van der Waals surface area contributed by atoms with Gasteiger partial charge in [-0.05, 0) is 35.9 Å². The van der Waals surface area contributed by atoms with E-state index in [2.05, 4.69) is 31.4 Å². The number of benzene rings is 3. The van der Waals surface area contributed by atoms with Crippen molar-refractivity contribution in [3.8, 4) is 34.3 Å². The first-order valence-electron chi connectivity index (χ1n) is 16.9. The number of alkyl halides is 4. The van der Waals surface area contributed by atoms with E-state index in [0.29, 0.717) is 16.7 Å². The first-order chi connectivity index (χ1) is 27.1. The molecule has 7 N–H and O–H groups in total. The fraction of sp³-hybridized carbons (Fsp3) is 0.270. The first-order valence-corrected chi connectivity index (χ1v) is 17.7. The fourth-order valence-electron chi connectivity index (χ4n) is 6.20. The van der Waals surface area contributed by atoms with Gasteiger partial charge in [-0.3, -0.25) is 9.59 Å². The predicted octanol–water partition coefficient (Wildman–Crippen LogP) is 5.49. The largest absolute Gasteiger partial charge is 0.496 e. The zero-order chi connectivity index (χ0) is 41.2. The molecule has 2 fully saturated rings. The molecule has 0 bridgehead atoms. The van der Waals surface area contributed by atoms with Gasteiger partial charge in [0.15, 0.2) is 0 Å². The number of halogens is 6. The molecule has 7 rings (SSSR count). The normalized spacial score (nSPS) is 18.0. The van der Waals surface area contributed by atoms with Gasteiger partial charge in [0.25, 0.3) is 23.7 Å². The summed E-state index contributed by atoms with van der Waals surface area (Å²) in [6.45, 7) is -1.86. The molecular formula is C37H33BrF5N9O5. The number of aromatic nitrogens is 4. The Hall–Kier alpha value is -6.04. The van der Waals surface area contributed by atoms with Gasteiger partial charge in [0, 0.05) is 22.1 Å². The molecule has 0 saturated carbocycles. The van der Waals surface area contributed by atoms with Crippen molar-refractivity contribution in [1.29, 1.82) is 5.26 Å². The number of amides is 2. The first kappa shape index (κ1) is 40.6. The third-order valence-electron chi connectivity index (χ3n) is 9.16. The van der Waals surface area contributed by atoms with Crippen molar-refractivity contribution in [3.05, 3.63) is 99.3 Å². The van der Waals surface area contributed by atoms with Gasteiger partial charge in [0.2, 0.25) is 0 Å². The number of nitriles is 1. The van der Waals surface area contributed by atoms with E-state index in [4.69, 9.17) is 31.4 Å². The molecule has 57 heavy (non-hydrogen) atoms. The minimum Gasteiger partial charge on any atom is -0.496 e. The molecular weight excluding hydrogens is 825 g/mol. The summed E-state index contributed by atoms with van der Waals surface area (Å²) < 4.78 is 87.1. The Kier molecular flexibility index (Phi) is 11.5. The lowest BCUT2D eigenvalue weighted by Crippen LogP contribution is -2.31. The van der Waals surface area contributed by atoms with Gasteiger partial charge >= 0.3 is 0 Å². The molecule has 14 nitrogen and oxygen atoms in total. The average Bonchev–Trinajstić information content (AvgIpc) is 3.92. The number of hydrogen-bond acceptors (Lipinski definition) is 10. The number of nitrogens with zero attached hydrogens (tertiary/aromatic N) is 5. The molecule has 2 aliphatic heterocycles. The van der Waals surface area contributed by atoms with Crippen LogP contribution in [-0.2, 0) is 16.0 Å². The van der Waals surface area contributed by atoms with Gasteiger partial charge in [-0.15, -0.1) is 0 Å². The number of hydrogen-bond donors (Lipinski definition) is 4. The molecule has 2 amide bonds. The number of carbonyl (C=O) groups is 2. The molecule has 0 aliphatic carbocycles. The summed E-state index contributed by atoms with van der Waals surface area (Å²) in [5.41, 5.74) is 19.3. The van der Waals surface area contributed by atoms with Crippen molar-refractivity contribution >= 4 is 39.4 Å². The van der Waals surface area contributed by atoms with Gasteiger partial charge in [0.05, 0.1) is 25.9 Å². The lowest BCUT2D eigenvalue weighted by atomic mass is 10.0. The molecule has 2 unspecified atom stereocenters. The molecule has 0 radical (unpaired) electrons. The minimum absolute atomic E-state index is 0.0453. The number of anilines is 2. The van der Waals surface area contributed by atoms with E-state index in [9.17, 15) is 36.8 Å². The monoisotopic (exact) mass is 857 g/mol. The lowest BCUT2D eigenvalue weighted by molar-refractivity contribution is -0.0347.